The van der Waals surface area contributed by atoms with Crippen LogP contribution in [0, 0.1) is 20.8 Å². The van der Waals surface area contributed by atoms with E-state index in [0.29, 0.717) is 13.1 Å². The van der Waals surface area contributed by atoms with Crippen molar-refractivity contribution >= 4 is 28.6 Å². The van der Waals surface area contributed by atoms with Crippen LogP contribution in [0.25, 0.3) is 0 Å². The van der Waals surface area contributed by atoms with Crippen molar-refractivity contribution < 1.29 is 0 Å². The predicted octanol–water partition coefficient (Wildman–Crippen LogP) is 2.69. The van der Waals surface area contributed by atoms with Crippen LogP contribution in [0.15, 0.2) is 22.5 Å². The van der Waals surface area contributed by atoms with Crippen molar-refractivity contribution in [3.05, 3.63) is 49.6 Å². The van der Waals surface area contributed by atoms with Gasteiger partial charge in [-0.05, 0) is 32.2 Å². The van der Waals surface area contributed by atoms with Gasteiger partial charge in [-0.3, -0.25) is 0 Å². The zero-order chi connectivity index (χ0) is 18.5. The zero-order valence-electron chi connectivity index (χ0n) is 15.4. The van der Waals surface area contributed by atoms with E-state index in [9.17, 15) is 0 Å². The molecule has 0 saturated carbocycles. The molecule has 2 N–H and O–H groups in total. The Morgan fingerprint density at radius 2 is 2.00 bits per heavy atom. The Kier molecular flexibility index (Phi) is 6.00. The average Bonchev–Trinajstić information content (AvgIpc) is 3.31. The number of hydrogen-bond donors (Lipinski definition) is 2. The third-order valence-corrected chi connectivity index (χ3v) is 5.94. The number of nitrogens with one attached hydrogen (secondary N) is 2. The number of nitrogens with zero attached hydrogens (tertiary/aromatic N) is 5. The fourth-order valence-electron chi connectivity index (χ4n) is 2.40. The maximum atomic E-state index is 4.68. The van der Waals surface area contributed by atoms with Crippen molar-refractivity contribution in [3.8, 4) is 0 Å². The summed E-state index contributed by atoms with van der Waals surface area (Å²) in [6, 6.07) is 4.16. The molecule has 7 nitrogen and oxygen atoms in total. The van der Waals surface area contributed by atoms with Crippen LogP contribution >= 0.6 is 22.7 Å². The lowest BCUT2D eigenvalue weighted by atomic mass is 10.4. The molecule has 0 amide bonds. The van der Waals surface area contributed by atoms with Gasteiger partial charge in [0.2, 0.25) is 0 Å². The predicted molar refractivity (Wildman–Crippen MR) is 106 cm³/mol. The first-order valence-electron chi connectivity index (χ1n) is 8.35. The van der Waals surface area contributed by atoms with Gasteiger partial charge in [0, 0.05) is 16.8 Å². The van der Waals surface area contributed by atoms with Crippen molar-refractivity contribution in [3.63, 3.8) is 0 Å². The van der Waals surface area contributed by atoms with E-state index >= 15 is 0 Å². The number of aromatic nitrogens is 4. The molecule has 0 atom stereocenters. The Labute approximate surface area is 161 Å². The van der Waals surface area contributed by atoms with Crippen molar-refractivity contribution in [2.45, 2.75) is 40.4 Å². The van der Waals surface area contributed by atoms with Crippen LogP contribution in [0.4, 0.5) is 0 Å². The lowest BCUT2D eigenvalue weighted by Crippen LogP contribution is -2.36. The summed E-state index contributed by atoms with van der Waals surface area (Å²) >= 11 is 3.44. The molecule has 0 aliphatic carbocycles. The molecule has 3 aromatic heterocycles. The standard InChI is InChI=1S/C17H23N7S2/c1-11-15(26-13(3)21-11)9-19-17(18-8-14-6-5-7-25-14)20-10-16-23-22-12(2)24(16)4/h5-7H,8-10H2,1-4H3,(H2,18,19,20). The van der Waals surface area contributed by atoms with E-state index in [-0.39, 0.29) is 0 Å². The molecule has 0 unspecified atom stereocenters. The topological polar surface area (TPSA) is 80.0 Å². The fraction of sp³-hybridized carbons (Fsp3) is 0.412. The summed E-state index contributed by atoms with van der Waals surface area (Å²) in [6.45, 7) is 7.91. The van der Waals surface area contributed by atoms with Crippen LogP contribution < -0.4 is 10.6 Å². The summed E-state index contributed by atoms with van der Waals surface area (Å²) in [4.78, 5) is 11.6. The molecule has 0 fully saturated rings. The monoisotopic (exact) mass is 389 g/mol. The lowest BCUT2D eigenvalue weighted by Gasteiger charge is -2.11. The van der Waals surface area contributed by atoms with Gasteiger partial charge >= 0.3 is 0 Å². The molecular weight excluding hydrogens is 366 g/mol. The van der Waals surface area contributed by atoms with Crippen LogP contribution in [0.3, 0.4) is 0 Å². The second-order valence-electron chi connectivity index (χ2n) is 5.92. The second kappa shape index (κ2) is 8.41. The molecule has 0 aromatic carbocycles. The highest BCUT2D eigenvalue weighted by atomic mass is 32.1. The van der Waals surface area contributed by atoms with Gasteiger partial charge in [0.25, 0.3) is 0 Å². The molecule has 138 valence electrons. The van der Waals surface area contributed by atoms with E-state index in [1.54, 1.807) is 22.7 Å². The molecule has 0 radical (unpaired) electrons. The van der Waals surface area contributed by atoms with Crippen LogP contribution in [-0.4, -0.2) is 25.7 Å². The molecular formula is C17H23N7S2. The summed E-state index contributed by atoms with van der Waals surface area (Å²) < 4.78 is 1.96. The second-order valence-corrected chi connectivity index (χ2v) is 8.24. The van der Waals surface area contributed by atoms with Gasteiger partial charge in [-0.15, -0.1) is 32.9 Å². The third kappa shape index (κ3) is 4.67. The number of aryl methyl sites for hydroxylation is 3. The van der Waals surface area contributed by atoms with E-state index < -0.39 is 0 Å². The molecule has 0 spiro atoms. The van der Waals surface area contributed by atoms with Crippen molar-refractivity contribution in [2.75, 3.05) is 0 Å². The van der Waals surface area contributed by atoms with E-state index in [1.165, 1.54) is 9.75 Å². The highest BCUT2D eigenvalue weighted by molar-refractivity contribution is 7.11. The number of hydrogen-bond acceptors (Lipinski definition) is 6. The van der Waals surface area contributed by atoms with Crippen molar-refractivity contribution in [1.82, 2.24) is 30.4 Å². The summed E-state index contributed by atoms with van der Waals surface area (Å²) in [6.07, 6.45) is 0. The Hall–Kier alpha value is -2.26. The lowest BCUT2D eigenvalue weighted by molar-refractivity contribution is 0.753. The summed E-state index contributed by atoms with van der Waals surface area (Å²) in [7, 11) is 1.95. The van der Waals surface area contributed by atoms with Crippen LogP contribution in [-0.2, 0) is 26.7 Å². The average molecular weight is 390 g/mol. The quantitative estimate of drug-likeness (QED) is 0.500. The minimum absolute atomic E-state index is 0.470. The number of aliphatic imine (C=N–C) groups is 1. The molecule has 3 aromatic rings. The number of guanidine groups is 1. The SMILES string of the molecule is Cc1nc(C)c(CNC(=NCc2nnc(C)n2C)NCc2cccs2)s1. The zero-order valence-corrected chi connectivity index (χ0v) is 17.0. The number of rotatable bonds is 6. The maximum absolute atomic E-state index is 4.68. The van der Waals surface area contributed by atoms with E-state index in [1.807, 2.05) is 32.4 Å². The van der Waals surface area contributed by atoms with E-state index in [0.717, 1.165) is 34.9 Å². The summed E-state index contributed by atoms with van der Waals surface area (Å²) in [5.41, 5.74) is 1.07. The minimum Gasteiger partial charge on any atom is -0.351 e. The van der Waals surface area contributed by atoms with Crippen molar-refractivity contribution in [1.29, 1.82) is 0 Å². The smallest absolute Gasteiger partial charge is 0.192 e. The van der Waals surface area contributed by atoms with Crippen LogP contribution in [0.2, 0.25) is 0 Å². The van der Waals surface area contributed by atoms with Gasteiger partial charge in [0.1, 0.15) is 12.4 Å². The van der Waals surface area contributed by atoms with Gasteiger partial charge in [0.05, 0.1) is 23.8 Å². The van der Waals surface area contributed by atoms with Gasteiger partial charge in [-0.25, -0.2) is 9.98 Å². The van der Waals surface area contributed by atoms with Gasteiger partial charge in [-0.1, -0.05) is 6.07 Å². The fourth-order valence-corrected chi connectivity index (χ4v) is 3.92. The Morgan fingerprint density at radius 1 is 1.19 bits per heavy atom. The van der Waals surface area contributed by atoms with Gasteiger partial charge < -0.3 is 15.2 Å². The number of thiazole rings is 1. The highest BCUT2D eigenvalue weighted by Crippen LogP contribution is 2.16. The van der Waals surface area contributed by atoms with E-state index in [4.69, 9.17) is 0 Å². The van der Waals surface area contributed by atoms with E-state index in [2.05, 4.69) is 48.3 Å². The first-order chi connectivity index (χ1) is 12.5. The summed E-state index contributed by atoms with van der Waals surface area (Å²) in [5, 5.41) is 18.2. The third-order valence-electron chi connectivity index (χ3n) is 3.99. The van der Waals surface area contributed by atoms with Crippen LogP contribution in [0.1, 0.15) is 32.1 Å². The molecule has 3 rings (SSSR count). The Balaban J connectivity index is 1.68. The number of thiophene rings is 1. The summed E-state index contributed by atoms with van der Waals surface area (Å²) in [5.74, 6) is 2.47. The molecule has 9 heteroatoms. The van der Waals surface area contributed by atoms with Crippen LogP contribution in [0.5, 0.6) is 0 Å². The molecule has 0 aliphatic rings. The molecule has 0 aliphatic heterocycles. The Morgan fingerprint density at radius 3 is 2.62 bits per heavy atom. The molecule has 0 saturated heterocycles. The first-order valence-corrected chi connectivity index (χ1v) is 10.0. The molecule has 3 heterocycles. The van der Waals surface area contributed by atoms with Gasteiger partial charge in [0.15, 0.2) is 11.8 Å². The normalized spacial score (nSPS) is 11.8. The Bertz CT molecular complexity index is 877. The highest BCUT2D eigenvalue weighted by Gasteiger charge is 2.08. The minimum atomic E-state index is 0.470. The van der Waals surface area contributed by atoms with Crippen molar-refractivity contribution in [2.24, 2.45) is 12.0 Å². The largest absolute Gasteiger partial charge is 0.351 e. The maximum Gasteiger partial charge on any atom is 0.192 e. The first kappa shape index (κ1) is 18.5. The molecule has 0 bridgehead atoms. The van der Waals surface area contributed by atoms with Gasteiger partial charge in [-0.2, -0.15) is 0 Å². The molecule has 26 heavy (non-hydrogen) atoms.